The van der Waals surface area contributed by atoms with E-state index in [-0.39, 0.29) is 24.8 Å². The van der Waals surface area contributed by atoms with E-state index in [1.54, 1.807) is 0 Å². The second-order valence-electron chi connectivity index (χ2n) is 5.80. The fraction of sp³-hybridized carbons (Fsp3) is 0.500. The van der Waals surface area contributed by atoms with E-state index in [4.69, 9.17) is 0 Å². The van der Waals surface area contributed by atoms with Gasteiger partial charge in [0.1, 0.15) is 0 Å². The lowest BCUT2D eigenvalue weighted by atomic mass is 10.1. The maximum atomic E-state index is 11.9. The maximum absolute atomic E-state index is 11.9. The normalized spacial score (nSPS) is 22.8. The minimum atomic E-state index is -0.248. The molecule has 2 amide bonds. The van der Waals surface area contributed by atoms with Crippen molar-refractivity contribution in [1.29, 1.82) is 0 Å². The minimum absolute atomic E-state index is 0.225. The molecule has 2 rings (SSSR count). The molecule has 1 saturated heterocycles. The first-order chi connectivity index (χ1) is 10.0. The third-order valence-electron chi connectivity index (χ3n) is 3.49. The molecule has 2 unspecified atom stereocenters. The van der Waals surface area contributed by atoms with Crippen molar-refractivity contribution in [1.82, 2.24) is 15.5 Å². The first-order valence-corrected chi connectivity index (χ1v) is 7.38. The number of carbonyl (C=O) groups is 2. The Morgan fingerprint density at radius 3 is 2.38 bits per heavy atom. The highest BCUT2D eigenvalue weighted by molar-refractivity contribution is 5.96. The number of rotatable bonds is 4. The molecule has 1 aliphatic heterocycles. The van der Waals surface area contributed by atoms with Crippen LogP contribution in [0.3, 0.4) is 0 Å². The molecule has 1 aromatic carbocycles. The molecule has 0 spiro atoms. The molecule has 0 bridgehead atoms. The maximum Gasteiger partial charge on any atom is 0.240 e. The van der Waals surface area contributed by atoms with Gasteiger partial charge in [-0.05, 0) is 19.4 Å². The van der Waals surface area contributed by atoms with Gasteiger partial charge in [0.05, 0.1) is 13.0 Å². The molecule has 1 aliphatic rings. The van der Waals surface area contributed by atoms with E-state index in [9.17, 15) is 9.59 Å². The van der Waals surface area contributed by atoms with Crippen molar-refractivity contribution in [2.75, 3.05) is 19.6 Å². The fourth-order valence-electron chi connectivity index (χ4n) is 2.79. The van der Waals surface area contributed by atoms with Crippen LogP contribution in [0.25, 0.3) is 0 Å². The number of hydrogen-bond donors (Lipinski definition) is 2. The van der Waals surface area contributed by atoms with Gasteiger partial charge in [0.25, 0.3) is 0 Å². The summed E-state index contributed by atoms with van der Waals surface area (Å²) in [6, 6.07) is 10.2. The standard InChI is InChI=1S/C16H23N3O2/c1-12-9-19(10-13(2)17-12)11-16(21)18-15(20)8-14-6-4-3-5-7-14/h3-7,12-13,17H,8-11H2,1-2H3,(H,18,20,21). The van der Waals surface area contributed by atoms with Crippen molar-refractivity contribution < 1.29 is 9.59 Å². The Labute approximate surface area is 125 Å². The molecular weight excluding hydrogens is 266 g/mol. The Kier molecular flexibility index (Phi) is 5.47. The molecule has 1 aromatic rings. The molecule has 1 fully saturated rings. The Hall–Kier alpha value is -1.72. The van der Waals surface area contributed by atoms with Crippen LogP contribution in [0.1, 0.15) is 19.4 Å². The predicted molar refractivity (Wildman–Crippen MR) is 81.8 cm³/mol. The summed E-state index contributed by atoms with van der Waals surface area (Å²) in [5.74, 6) is -0.473. The SMILES string of the molecule is CC1CN(CC(=O)NC(=O)Cc2ccccc2)CC(C)N1. The molecule has 1 heterocycles. The van der Waals surface area contributed by atoms with Crippen molar-refractivity contribution in [2.24, 2.45) is 0 Å². The monoisotopic (exact) mass is 289 g/mol. The van der Waals surface area contributed by atoms with Gasteiger partial charge in [0.2, 0.25) is 11.8 Å². The Morgan fingerprint density at radius 2 is 1.76 bits per heavy atom. The summed E-state index contributed by atoms with van der Waals surface area (Å²) in [5.41, 5.74) is 0.909. The Bertz CT molecular complexity index is 480. The highest BCUT2D eigenvalue weighted by Gasteiger charge is 2.22. The summed E-state index contributed by atoms with van der Waals surface area (Å²) >= 11 is 0. The molecule has 5 heteroatoms. The number of amides is 2. The van der Waals surface area contributed by atoms with E-state index in [1.165, 1.54) is 0 Å². The van der Waals surface area contributed by atoms with Crippen LogP contribution in [-0.2, 0) is 16.0 Å². The summed E-state index contributed by atoms with van der Waals surface area (Å²) in [6.07, 6.45) is 0.237. The first-order valence-electron chi connectivity index (χ1n) is 7.38. The van der Waals surface area contributed by atoms with E-state index in [1.807, 2.05) is 30.3 Å². The Morgan fingerprint density at radius 1 is 1.14 bits per heavy atom. The fourth-order valence-corrected chi connectivity index (χ4v) is 2.79. The van der Waals surface area contributed by atoms with Crippen LogP contribution < -0.4 is 10.6 Å². The number of imide groups is 1. The summed E-state index contributed by atoms with van der Waals surface area (Å²) in [7, 11) is 0. The number of carbonyl (C=O) groups excluding carboxylic acids is 2. The van der Waals surface area contributed by atoms with E-state index < -0.39 is 0 Å². The van der Waals surface area contributed by atoms with E-state index in [0.717, 1.165) is 18.7 Å². The lowest BCUT2D eigenvalue weighted by Gasteiger charge is -2.35. The van der Waals surface area contributed by atoms with Gasteiger partial charge >= 0.3 is 0 Å². The number of hydrogen-bond acceptors (Lipinski definition) is 4. The molecule has 2 N–H and O–H groups in total. The van der Waals surface area contributed by atoms with Crippen molar-refractivity contribution in [3.63, 3.8) is 0 Å². The van der Waals surface area contributed by atoms with Crippen LogP contribution in [-0.4, -0.2) is 48.4 Å². The summed E-state index contributed by atoms with van der Waals surface area (Å²) in [4.78, 5) is 25.8. The molecule has 0 aromatic heterocycles. The van der Waals surface area contributed by atoms with E-state index in [0.29, 0.717) is 12.1 Å². The van der Waals surface area contributed by atoms with Gasteiger partial charge in [-0.2, -0.15) is 0 Å². The lowest BCUT2D eigenvalue weighted by molar-refractivity contribution is -0.130. The molecular formula is C16H23N3O2. The molecule has 2 atom stereocenters. The number of piperazine rings is 1. The topological polar surface area (TPSA) is 61.4 Å². The zero-order chi connectivity index (χ0) is 15.2. The van der Waals surface area contributed by atoms with Crippen LogP contribution >= 0.6 is 0 Å². The third kappa shape index (κ3) is 5.28. The molecule has 21 heavy (non-hydrogen) atoms. The van der Waals surface area contributed by atoms with Gasteiger partial charge in [-0.25, -0.2) is 0 Å². The van der Waals surface area contributed by atoms with Crippen LogP contribution in [0.2, 0.25) is 0 Å². The van der Waals surface area contributed by atoms with Gasteiger partial charge in [0, 0.05) is 25.2 Å². The number of nitrogens with zero attached hydrogens (tertiary/aromatic N) is 1. The average molecular weight is 289 g/mol. The van der Waals surface area contributed by atoms with Crippen LogP contribution in [0.4, 0.5) is 0 Å². The van der Waals surface area contributed by atoms with Crippen molar-refractivity contribution >= 4 is 11.8 Å². The number of nitrogens with one attached hydrogen (secondary N) is 2. The summed E-state index contributed by atoms with van der Waals surface area (Å²) in [5, 5.41) is 5.88. The zero-order valence-corrected chi connectivity index (χ0v) is 12.6. The quantitative estimate of drug-likeness (QED) is 0.850. The number of benzene rings is 1. The zero-order valence-electron chi connectivity index (χ0n) is 12.6. The van der Waals surface area contributed by atoms with Gasteiger partial charge in [-0.15, -0.1) is 0 Å². The second-order valence-corrected chi connectivity index (χ2v) is 5.80. The van der Waals surface area contributed by atoms with Gasteiger partial charge in [-0.3, -0.25) is 19.8 Å². The summed E-state index contributed by atoms with van der Waals surface area (Å²) < 4.78 is 0. The van der Waals surface area contributed by atoms with Crippen molar-refractivity contribution in [3.8, 4) is 0 Å². The van der Waals surface area contributed by atoms with Crippen LogP contribution in [0.5, 0.6) is 0 Å². The smallest absolute Gasteiger partial charge is 0.240 e. The molecule has 0 saturated carbocycles. The van der Waals surface area contributed by atoms with Crippen molar-refractivity contribution in [2.45, 2.75) is 32.4 Å². The third-order valence-corrected chi connectivity index (χ3v) is 3.49. The van der Waals surface area contributed by atoms with E-state index >= 15 is 0 Å². The van der Waals surface area contributed by atoms with Crippen LogP contribution in [0, 0.1) is 0 Å². The minimum Gasteiger partial charge on any atom is -0.309 e. The molecule has 5 nitrogen and oxygen atoms in total. The van der Waals surface area contributed by atoms with Crippen molar-refractivity contribution in [3.05, 3.63) is 35.9 Å². The molecule has 0 aliphatic carbocycles. The summed E-state index contributed by atoms with van der Waals surface area (Å²) in [6.45, 7) is 6.12. The predicted octanol–water partition coefficient (Wildman–Crippen LogP) is 0.554. The molecule has 0 radical (unpaired) electrons. The van der Waals surface area contributed by atoms with Gasteiger partial charge < -0.3 is 5.32 Å². The molecule has 114 valence electrons. The highest BCUT2D eigenvalue weighted by Crippen LogP contribution is 2.03. The van der Waals surface area contributed by atoms with Crippen LogP contribution in [0.15, 0.2) is 30.3 Å². The van der Waals surface area contributed by atoms with Gasteiger partial charge in [-0.1, -0.05) is 30.3 Å². The average Bonchev–Trinajstić information content (AvgIpc) is 2.37. The largest absolute Gasteiger partial charge is 0.309 e. The first kappa shape index (κ1) is 15.7. The Balaban J connectivity index is 1.77. The van der Waals surface area contributed by atoms with Gasteiger partial charge in [0.15, 0.2) is 0 Å². The second kappa shape index (κ2) is 7.33. The van der Waals surface area contributed by atoms with E-state index in [2.05, 4.69) is 29.4 Å². The lowest BCUT2D eigenvalue weighted by Crippen LogP contribution is -2.56. The highest BCUT2D eigenvalue weighted by atomic mass is 16.2.